The second kappa shape index (κ2) is 6.27. The van der Waals surface area contributed by atoms with Crippen LogP contribution in [0.5, 0.6) is 0 Å². The SMILES string of the molecule is CC(C)NCC(Cc1cn2ccsc2n1)C1CCCC1. The Bertz CT molecular complexity index is 508. The fourth-order valence-corrected chi connectivity index (χ4v) is 4.08. The molecule has 20 heavy (non-hydrogen) atoms. The van der Waals surface area contributed by atoms with Crippen molar-refractivity contribution in [2.24, 2.45) is 11.8 Å². The lowest BCUT2D eigenvalue weighted by atomic mass is 9.87. The molecule has 1 N–H and O–H groups in total. The van der Waals surface area contributed by atoms with Gasteiger partial charge in [-0.2, -0.15) is 0 Å². The van der Waals surface area contributed by atoms with Crippen molar-refractivity contribution in [3.05, 3.63) is 23.5 Å². The second-order valence-electron chi connectivity index (χ2n) is 6.40. The molecule has 3 nitrogen and oxygen atoms in total. The van der Waals surface area contributed by atoms with Gasteiger partial charge in [-0.15, -0.1) is 11.3 Å². The molecule has 110 valence electrons. The highest BCUT2D eigenvalue weighted by Crippen LogP contribution is 2.33. The summed E-state index contributed by atoms with van der Waals surface area (Å²) in [5.74, 6) is 1.63. The summed E-state index contributed by atoms with van der Waals surface area (Å²) in [6.07, 6.45) is 11.1. The lowest BCUT2D eigenvalue weighted by Gasteiger charge is -2.24. The average molecular weight is 291 g/mol. The van der Waals surface area contributed by atoms with Crippen LogP contribution in [0.2, 0.25) is 0 Å². The minimum Gasteiger partial charge on any atom is -0.314 e. The van der Waals surface area contributed by atoms with Crippen LogP contribution in [0.1, 0.15) is 45.2 Å². The van der Waals surface area contributed by atoms with Gasteiger partial charge in [0, 0.05) is 23.8 Å². The van der Waals surface area contributed by atoms with E-state index in [9.17, 15) is 0 Å². The van der Waals surface area contributed by atoms with Gasteiger partial charge < -0.3 is 5.32 Å². The van der Waals surface area contributed by atoms with Crippen LogP contribution in [0.25, 0.3) is 4.96 Å². The lowest BCUT2D eigenvalue weighted by Crippen LogP contribution is -2.33. The molecule has 0 radical (unpaired) electrons. The first-order valence-electron chi connectivity index (χ1n) is 7.87. The molecule has 1 unspecified atom stereocenters. The van der Waals surface area contributed by atoms with Gasteiger partial charge in [0.25, 0.3) is 0 Å². The standard InChI is InChI=1S/C16H25N3S/c1-12(2)17-10-14(13-5-3-4-6-13)9-15-11-19-7-8-20-16(19)18-15/h7-8,11-14,17H,3-6,9-10H2,1-2H3. The van der Waals surface area contributed by atoms with E-state index in [0.29, 0.717) is 6.04 Å². The Balaban J connectivity index is 1.69. The number of aromatic nitrogens is 2. The summed E-state index contributed by atoms with van der Waals surface area (Å²) >= 11 is 1.72. The third kappa shape index (κ3) is 3.23. The van der Waals surface area contributed by atoms with Gasteiger partial charge in [-0.3, -0.25) is 4.40 Å². The maximum atomic E-state index is 4.76. The summed E-state index contributed by atoms with van der Waals surface area (Å²) in [5, 5.41) is 5.74. The topological polar surface area (TPSA) is 29.3 Å². The fourth-order valence-electron chi connectivity index (χ4n) is 3.36. The van der Waals surface area contributed by atoms with E-state index in [1.165, 1.54) is 31.4 Å². The highest BCUT2D eigenvalue weighted by atomic mass is 32.1. The Morgan fingerprint density at radius 3 is 2.90 bits per heavy atom. The molecule has 2 heterocycles. The first-order valence-corrected chi connectivity index (χ1v) is 8.75. The molecule has 0 spiro atoms. The molecule has 0 bridgehead atoms. The van der Waals surface area contributed by atoms with Gasteiger partial charge in [0.2, 0.25) is 0 Å². The first kappa shape index (κ1) is 14.1. The zero-order valence-corrected chi connectivity index (χ0v) is 13.3. The van der Waals surface area contributed by atoms with Gasteiger partial charge in [0.1, 0.15) is 0 Å². The van der Waals surface area contributed by atoms with Crippen LogP contribution in [0.4, 0.5) is 0 Å². The summed E-state index contributed by atoms with van der Waals surface area (Å²) in [5.41, 5.74) is 1.26. The lowest BCUT2D eigenvalue weighted by molar-refractivity contribution is 0.311. The molecule has 0 aromatic carbocycles. The molecular formula is C16H25N3S. The molecule has 1 fully saturated rings. The fraction of sp³-hybridized carbons (Fsp3) is 0.688. The zero-order chi connectivity index (χ0) is 13.9. The summed E-state index contributed by atoms with van der Waals surface area (Å²) < 4.78 is 2.15. The van der Waals surface area contributed by atoms with Crippen molar-refractivity contribution in [3.63, 3.8) is 0 Å². The molecule has 0 saturated heterocycles. The number of nitrogens with one attached hydrogen (secondary N) is 1. The van der Waals surface area contributed by atoms with Gasteiger partial charge in [-0.1, -0.05) is 39.5 Å². The monoisotopic (exact) mass is 291 g/mol. The van der Waals surface area contributed by atoms with Crippen molar-refractivity contribution in [2.45, 2.75) is 52.0 Å². The van der Waals surface area contributed by atoms with E-state index in [1.807, 2.05) is 0 Å². The number of fused-ring (bicyclic) bond motifs is 1. The molecule has 3 rings (SSSR count). The third-order valence-electron chi connectivity index (χ3n) is 4.47. The molecule has 1 saturated carbocycles. The predicted molar refractivity (Wildman–Crippen MR) is 85.4 cm³/mol. The van der Waals surface area contributed by atoms with Gasteiger partial charge in [0.05, 0.1) is 5.69 Å². The Kier molecular flexibility index (Phi) is 4.41. The Hall–Kier alpha value is -0.870. The molecule has 1 aliphatic carbocycles. The van der Waals surface area contributed by atoms with Crippen LogP contribution in [-0.4, -0.2) is 22.0 Å². The van der Waals surface area contributed by atoms with E-state index < -0.39 is 0 Å². The zero-order valence-electron chi connectivity index (χ0n) is 12.5. The van der Waals surface area contributed by atoms with Gasteiger partial charge in [-0.25, -0.2) is 4.98 Å². The maximum absolute atomic E-state index is 4.76. The van der Waals surface area contributed by atoms with E-state index >= 15 is 0 Å². The van der Waals surface area contributed by atoms with Crippen LogP contribution in [0, 0.1) is 11.8 Å². The van der Waals surface area contributed by atoms with Gasteiger partial charge >= 0.3 is 0 Å². The van der Waals surface area contributed by atoms with E-state index in [1.54, 1.807) is 11.3 Å². The van der Waals surface area contributed by atoms with Crippen LogP contribution in [0.15, 0.2) is 17.8 Å². The molecule has 2 aromatic heterocycles. The smallest absolute Gasteiger partial charge is 0.193 e. The van der Waals surface area contributed by atoms with Crippen LogP contribution < -0.4 is 5.32 Å². The van der Waals surface area contributed by atoms with Crippen LogP contribution in [0.3, 0.4) is 0 Å². The normalized spacial score (nSPS) is 18.4. The minimum atomic E-state index is 0.574. The summed E-state index contributed by atoms with van der Waals surface area (Å²) in [6, 6.07) is 0.574. The second-order valence-corrected chi connectivity index (χ2v) is 7.27. The number of imidazole rings is 1. The first-order chi connectivity index (χ1) is 9.72. The van der Waals surface area contributed by atoms with E-state index in [0.717, 1.165) is 29.8 Å². The van der Waals surface area contributed by atoms with Crippen molar-refractivity contribution < 1.29 is 0 Å². The molecule has 0 amide bonds. The van der Waals surface area contributed by atoms with Gasteiger partial charge in [-0.05, 0) is 24.8 Å². The highest BCUT2D eigenvalue weighted by Gasteiger charge is 2.26. The van der Waals surface area contributed by atoms with Crippen LogP contribution in [-0.2, 0) is 6.42 Å². The Labute approximate surface area is 125 Å². The largest absolute Gasteiger partial charge is 0.314 e. The number of hydrogen-bond acceptors (Lipinski definition) is 3. The molecule has 1 atom stereocenters. The quantitative estimate of drug-likeness (QED) is 0.878. The van der Waals surface area contributed by atoms with E-state index in [-0.39, 0.29) is 0 Å². The van der Waals surface area contributed by atoms with Crippen LogP contribution >= 0.6 is 11.3 Å². The maximum Gasteiger partial charge on any atom is 0.193 e. The highest BCUT2D eigenvalue weighted by molar-refractivity contribution is 7.15. The summed E-state index contributed by atoms with van der Waals surface area (Å²) in [6.45, 7) is 5.60. The Morgan fingerprint density at radius 2 is 2.20 bits per heavy atom. The van der Waals surface area contributed by atoms with Gasteiger partial charge in [0.15, 0.2) is 4.96 Å². The third-order valence-corrected chi connectivity index (χ3v) is 5.24. The van der Waals surface area contributed by atoms with Crippen molar-refractivity contribution in [1.29, 1.82) is 0 Å². The van der Waals surface area contributed by atoms with Crippen molar-refractivity contribution in [2.75, 3.05) is 6.54 Å². The van der Waals surface area contributed by atoms with Crippen molar-refractivity contribution >= 4 is 16.3 Å². The molecular weight excluding hydrogens is 266 g/mol. The number of thiazole rings is 1. The van der Waals surface area contributed by atoms with Crippen molar-refractivity contribution in [1.82, 2.24) is 14.7 Å². The number of hydrogen-bond donors (Lipinski definition) is 1. The molecule has 0 aliphatic heterocycles. The predicted octanol–water partition coefficient (Wildman–Crippen LogP) is 3.74. The van der Waals surface area contributed by atoms with Crippen molar-refractivity contribution in [3.8, 4) is 0 Å². The summed E-state index contributed by atoms with van der Waals surface area (Å²) in [7, 11) is 0. The molecule has 1 aliphatic rings. The number of rotatable bonds is 6. The number of nitrogens with zero attached hydrogens (tertiary/aromatic N) is 2. The van der Waals surface area contributed by atoms with E-state index in [4.69, 9.17) is 4.98 Å². The summed E-state index contributed by atoms with van der Waals surface area (Å²) in [4.78, 5) is 5.89. The Morgan fingerprint density at radius 1 is 1.40 bits per heavy atom. The molecule has 2 aromatic rings. The average Bonchev–Trinajstić information content (AvgIpc) is 3.09. The molecule has 4 heteroatoms. The minimum absolute atomic E-state index is 0.574. The van der Waals surface area contributed by atoms with E-state index in [2.05, 4.69) is 41.3 Å².